The van der Waals surface area contributed by atoms with Crippen molar-refractivity contribution in [3.05, 3.63) is 0 Å². The van der Waals surface area contributed by atoms with Gasteiger partial charge in [0.25, 0.3) is 0 Å². The molecule has 1 fully saturated rings. The molecular formula is C12H24N2O3. The maximum atomic E-state index is 11.5. The second-order valence-electron chi connectivity index (χ2n) is 4.66. The van der Waals surface area contributed by atoms with Crippen molar-refractivity contribution in [3.63, 3.8) is 0 Å². The fraction of sp³-hybridized carbons (Fsp3) is 0.917. The summed E-state index contributed by atoms with van der Waals surface area (Å²) in [5, 5.41) is 12.4. The fourth-order valence-corrected chi connectivity index (χ4v) is 1.91. The minimum atomic E-state index is -0.199. The van der Waals surface area contributed by atoms with E-state index in [0.29, 0.717) is 12.6 Å². The molecule has 5 nitrogen and oxygen atoms in total. The van der Waals surface area contributed by atoms with Gasteiger partial charge in [0.15, 0.2) is 0 Å². The zero-order valence-corrected chi connectivity index (χ0v) is 10.8. The highest BCUT2D eigenvalue weighted by Crippen LogP contribution is 2.11. The Morgan fingerprint density at radius 2 is 2.18 bits per heavy atom. The number of aliphatic hydroxyl groups excluding tert-OH is 1. The molecule has 0 aliphatic carbocycles. The lowest BCUT2D eigenvalue weighted by atomic mass is 10.0. The molecule has 1 atom stereocenters. The molecule has 5 heteroatoms. The first-order valence-corrected chi connectivity index (χ1v) is 6.43. The van der Waals surface area contributed by atoms with Gasteiger partial charge < -0.3 is 20.1 Å². The van der Waals surface area contributed by atoms with E-state index in [9.17, 15) is 4.79 Å². The first-order valence-electron chi connectivity index (χ1n) is 6.43. The molecule has 1 aliphatic heterocycles. The van der Waals surface area contributed by atoms with Crippen LogP contribution in [0.5, 0.6) is 0 Å². The Morgan fingerprint density at radius 1 is 1.53 bits per heavy atom. The number of ether oxygens (including phenoxy) is 1. The van der Waals surface area contributed by atoms with Gasteiger partial charge in [-0.05, 0) is 25.7 Å². The van der Waals surface area contributed by atoms with Crippen LogP contribution in [0.1, 0.15) is 26.7 Å². The number of piperidine rings is 1. The van der Waals surface area contributed by atoms with Gasteiger partial charge in [0.1, 0.15) is 0 Å². The lowest BCUT2D eigenvalue weighted by Gasteiger charge is -2.32. The van der Waals surface area contributed by atoms with Crippen LogP contribution in [0.15, 0.2) is 0 Å². The molecule has 0 bridgehead atoms. The number of carbonyl (C=O) groups is 1. The zero-order valence-electron chi connectivity index (χ0n) is 10.8. The van der Waals surface area contributed by atoms with Crippen LogP contribution in [0.25, 0.3) is 0 Å². The molecule has 17 heavy (non-hydrogen) atoms. The van der Waals surface area contributed by atoms with Gasteiger partial charge in [-0.15, -0.1) is 0 Å². The highest BCUT2D eigenvalue weighted by atomic mass is 16.6. The van der Waals surface area contributed by atoms with E-state index in [1.807, 2.05) is 13.8 Å². The van der Waals surface area contributed by atoms with Crippen molar-refractivity contribution in [1.29, 1.82) is 0 Å². The first kappa shape index (κ1) is 14.3. The predicted octanol–water partition coefficient (Wildman–Crippen LogP) is 0.825. The summed E-state index contributed by atoms with van der Waals surface area (Å²) < 4.78 is 4.97. The fourth-order valence-electron chi connectivity index (χ4n) is 1.91. The van der Waals surface area contributed by atoms with Gasteiger partial charge in [-0.25, -0.2) is 4.79 Å². The average Bonchev–Trinajstić information content (AvgIpc) is 2.36. The van der Waals surface area contributed by atoms with Gasteiger partial charge in [-0.2, -0.15) is 0 Å². The van der Waals surface area contributed by atoms with E-state index in [1.165, 1.54) is 0 Å². The third-order valence-corrected chi connectivity index (χ3v) is 3.09. The molecule has 0 aromatic carbocycles. The van der Waals surface area contributed by atoms with Crippen LogP contribution in [0.2, 0.25) is 0 Å². The van der Waals surface area contributed by atoms with Crippen LogP contribution < -0.4 is 5.32 Å². The number of nitrogens with one attached hydrogen (secondary N) is 1. The van der Waals surface area contributed by atoms with Crippen LogP contribution in [0.4, 0.5) is 4.79 Å². The first-order chi connectivity index (χ1) is 8.17. The molecule has 0 saturated carbocycles. The number of aliphatic hydroxyl groups is 1. The van der Waals surface area contributed by atoms with Crippen molar-refractivity contribution in [2.24, 2.45) is 5.92 Å². The lowest BCUT2D eigenvalue weighted by molar-refractivity contribution is 0.0945. The summed E-state index contributed by atoms with van der Waals surface area (Å²) in [6, 6.07) is 0.453. The van der Waals surface area contributed by atoms with Gasteiger partial charge in [0, 0.05) is 32.3 Å². The molecule has 2 N–H and O–H groups in total. The SMILES string of the molecule is CCOC(=O)N1CCC(NCC(C)CO)CC1. The van der Waals surface area contributed by atoms with Gasteiger partial charge in [-0.1, -0.05) is 6.92 Å². The molecular weight excluding hydrogens is 220 g/mol. The number of rotatable bonds is 5. The Kier molecular flexibility index (Phi) is 6.29. The summed E-state index contributed by atoms with van der Waals surface area (Å²) in [5.74, 6) is 0.290. The smallest absolute Gasteiger partial charge is 0.409 e. The molecule has 1 unspecified atom stereocenters. The number of hydrogen-bond donors (Lipinski definition) is 2. The highest BCUT2D eigenvalue weighted by molar-refractivity contribution is 5.67. The quantitative estimate of drug-likeness (QED) is 0.752. The van der Waals surface area contributed by atoms with Crippen molar-refractivity contribution in [2.45, 2.75) is 32.7 Å². The summed E-state index contributed by atoms with van der Waals surface area (Å²) in [6.07, 6.45) is 1.71. The number of carbonyl (C=O) groups excluding carboxylic acids is 1. The second kappa shape index (κ2) is 7.50. The molecule has 0 radical (unpaired) electrons. The minimum absolute atomic E-state index is 0.199. The number of nitrogens with zero attached hydrogens (tertiary/aromatic N) is 1. The molecule has 1 saturated heterocycles. The summed E-state index contributed by atoms with van der Waals surface area (Å²) >= 11 is 0. The average molecular weight is 244 g/mol. The maximum absolute atomic E-state index is 11.5. The van der Waals surface area contributed by atoms with E-state index in [2.05, 4.69) is 5.32 Å². The van der Waals surface area contributed by atoms with Crippen LogP contribution in [0.3, 0.4) is 0 Å². The second-order valence-corrected chi connectivity index (χ2v) is 4.66. The minimum Gasteiger partial charge on any atom is -0.450 e. The number of hydrogen-bond acceptors (Lipinski definition) is 4. The van der Waals surface area contributed by atoms with E-state index in [0.717, 1.165) is 32.5 Å². The highest BCUT2D eigenvalue weighted by Gasteiger charge is 2.23. The van der Waals surface area contributed by atoms with E-state index in [-0.39, 0.29) is 18.6 Å². The van der Waals surface area contributed by atoms with Gasteiger partial charge in [0.05, 0.1) is 6.61 Å². The zero-order chi connectivity index (χ0) is 12.7. The standard InChI is InChI=1S/C12H24N2O3/c1-3-17-12(16)14-6-4-11(5-7-14)13-8-10(2)9-15/h10-11,13,15H,3-9H2,1-2H3. The van der Waals surface area contributed by atoms with E-state index < -0.39 is 0 Å². The van der Waals surface area contributed by atoms with Crippen molar-refractivity contribution in [1.82, 2.24) is 10.2 Å². The molecule has 1 amide bonds. The lowest BCUT2D eigenvalue weighted by Crippen LogP contribution is -2.46. The summed E-state index contributed by atoms with van der Waals surface area (Å²) in [7, 11) is 0. The molecule has 100 valence electrons. The molecule has 1 aliphatic rings. The van der Waals surface area contributed by atoms with E-state index in [1.54, 1.807) is 4.90 Å². The van der Waals surface area contributed by atoms with Crippen molar-refractivity contribution in [2.75, 3.05) is 32.8 Å². The molecule has 0 spiro atoms. The third kappa shape index (κ3) is 4.91. The third-order valence-electron chi connectivity index (χ3n) is 3.09. The van der Waals surface area contributed by atoms with Crippen LogP contribution in [0, 0.1) is 5.92 Å². The molecule has 1 heterocycles. The Labute approximate surface area is 103 Å². The normalized spacial score (nSPS) is 19.1. The number of amides is 1. The van der Waals surface area contributed by atoms with Crippen LogP contribution >= 0.6 is 0 Å². The van der Waals surface area contributed by atoms with Gasteiger partial charge in [0.2, 0.25) is 0 Å². The topological polar surface area (TPSA) is 61.8 Å². The molecule has 1 rings (SSSR count). The van der Waals surface area contributed by atoms with Crippen molar-refractivity contribution in [3.8, 4) is 0 Å². The predicted molar refractivity (Wildman–Crippen MR) is 65.9 cm³/mol. The van der Waals surface area contributed by atoms with Crippen LogP contribution in [-0.4, -0.2) is 55.0 Å². The van der Waals surface area contributed by atoms with Crippen LogP contribution in [-0.2, 0) is 4.74 Å². The van der Waals surface area contributed by atoms with E-state index >= 15 is 0 Å². The maximum Gasteiger partial charge on any atom is 0.409 e. The van der Waals surface area contributed by atoms with Crippen molar-refractivity contribution < 1.29 is 14.6 Å². The molecule has 0 aromatic rings. The molecule has 0 aromatic heterocycles. The van der Waals surface area contributed by atoms with Gasteiger partial charge >= 0.3 is 6.09 Å². The van der Waals surface area contributed by atoms with Crippen molar-refractivity contribution >= 4 is 6.09 Å². The van der Waals surface area contributed by atoms with E-state index in [4.69, 9.17) is 9.84 Å². The number of likely N-dealkylation sites (tertiary alicyclic amines) is 1. The summed E-state index contributed by atoms with van der Waals surface area (Å²) in [5.41, 5.74) is 0. The monoisotopic (exact) mass is 244 g/mol. The largest absolute Gasteiger partial charge is 0.450 e. The Morgan fingerprint density at radius 3 is 2.71 bits per heavy atom. The Bertz CT molecular complexity index is 228. The Hall–Kier alpha value is -0.810. The summed E-state index contributed by atoms with van der Waals surface area (Å²) in [6.45, 7) is 6.83. The van der Waals surface area contributed by atoms with Gasteiger partial charge in [-0.3, -0.25) is 0 Å². The summed E-state index contributed by atoms with van der Waals surface area (Å²) in [4.78, 5) is 13.2. The Balaban J connectivity index is 2.19.